The van der Waals surface area contributed by atoms with E-state index < -0.39 is 0 Å². The van der Waals surface area contributed by atoms with Gasteiger partial charge in [0.2, 0.25) is 5.91 Å². The van der Waals surface area contributed by atoms with E-state index >= 15 is 0 Å². The zero-order valence-electron chi connectivity index (χ0n) is 58.4. The summed E-state index contributed by atoms with van der Waals surface area (Å²) < 4.78 is 0. The summed E-state index contributed by atoms with van der Waals surface area (Å²) in [6.07, 6.45) is 1.21. The highest BCUT2D eigenvalue weighted by molar-refractivity contribution is 6.09. The fourth-order valence-corrected chi connectivity index (χ4v) is 12.6. The van der Waals surface area contributed by atoms with Crippen molar-refractivity contribution >= 4 is 34.6 Å². The molecule has 4 heterocycles. The summed E-state index contributed by atoms with van der Waals surface area (Å²) in [6, 6.07) is 82.1. The molecule has 10 aromatic carbocycles. The lowest BCUT2D eigenvalue weighted by molar-refractivity contribution is -0.121. The maximum absolute atomic E-state index is 12.9. The molecule has 2 amide bonds. The van der Waals surface area contributed by atoms with E-state index in [9.17, 15) is 9.59 Å². The number of carbonyl (C=O) groups is 2. The molecule has 1 atom stereocenters. The Morgan fingerprint density at radius 1 is 0.364 bits per heavy atom. The Bertz CT molecular complexity index is 4800. The van der Waals surface area contributed by atoms with Gasteiger partial charge in [0, 0.05) is 74.6 Å². The number of anilines is 4. The molecule has 4 aliphatic heterocycles. The summed E-state index contributed by atoms with van der Waals surface area (Å²) in [6.45, 7) is 23.2. The van der Waals surface area contributed by atoms with Crippen LogP contribution in [0.25, 0.3) is 0 Å². The zero-order valence-corrected chi connectivity index (χ0v) is 58.4. The van der Waals surface area contributed by atoms with E-state index in [1.807, 2.05) is 184 Å². The van der Waals surface area contributed by atoms with Crippen LogP contribution in [0.4, 0.5) is 22.7 Å². The maximum atomic E-state index is 12.9. The van der Waals surface area contributed by atoms with Crippen LogP contribution in [0.1, 0.15) is 169 Å². The summed E-state index contributed by atoms with van der Waals surface area (Å²) >= 11 is 0. The van der Waals surface area contributed by atoms with Crippen LogP contribution in [0.2, 0.25) is 0 Å². The Balaban J connectivity index is 0.000000125. The molecule has 0 saturated carbocycles. The van der Waals surface area contributed by atoms with Crippen molar-refractivity contribution in [1.29, 1.82) is 0 Å². The smallest absolute Gasteiger partial charge is 0.259 e. The second kappa shape index (κ2) is 32.5. The molecular formula is C92H84N4O3. The van der Waals surface area contributed by atoms with Crippen LogP contribution in [0, 0.1) is 71.0 Å². The van der Waals surface area contributed by atoms with Gasteiger partial charge in [0.05, 0.1) is 53.1 Å². The molecule has 1 unspecified atom stereocenters. The fraction of sp³-hybridized carbons (Fsp3) is 0.217. The average Bonchev–Trinajstić information content (AvgIpc) is 0.822. The number of fused-ring (bicyclic) bond motifs is 10. The lowest BCUT2D eigenvalue weighted by atomic mass is 9.79. The SMILES string of the molecule is CC(C)C(=O)N1Cc2ccccc2C#Cc2ccccc21.CC(C)C1Cc2ccccc2C#Cc2ccccc21.CC(C)N1C(=O)c2ccccc2C#Cc2ccccc21.CC(C)N1Cc2ccccc2C#Cc2ccccc21.CC(C)ON1Cc2ccccc2C#Cc2ccccc21. The van der Waals surface area contributed by atoms with Crippen molar-refractivity contribution in [1.82, 2.24) is 0 Å². The van der Waals surface area contributed by atoms with Gasteiger partial charge in [-0.15, -0.1) is 0 Å². The van der Waals surface area contributed by atoms with E-state index in [2.05, 4.69) is 207 Å². The standard InChI is InChI=1S/C19H17NO.C19H18.C18H15NO.C18H17NO.C18H17N/c1-14(2)19(21)20-13-17-9-4-3-7-15(17)11-12-16-8-5-6-10-18(16)20;1-14(2)19-13-17-9-4-3-7-15(17)11-12-16-8-5-6-10-18(16)19;1-13(2)19-17-10-6-4-8-15(17)12-11-14-7-3-5-9-16(14)18(19)20;1-14(2)20-19-13-17-9-4-3-7-15(17)11-12-16-8-5-6-10-18(16)19;1-14(2)19-13-17-9-4-3-7-15(17)11-12-16-8-5-6-10-18(16)19/h3-10,14H,13H2,1-2H3;3-10,14,19H,13H2,1-2H3;3-10,13H,1-2H3;3-10,14H,13H2,1-2H3;3-10,14H,13H2,1-2H3. The molecule has 0 fully saturated rings. The Hall–Kier alpha value is -11.5. The largest absolute Gasteiger partial charge is 0.364 e. The van der Waals surface area contributed by atoms with Crippen molar-refractivity contribution in [3.05, 3.63) is 332 Å². The zero-order chi connectivity index (χ0) is 69.4. The minimum Gasteiger partial charge on any atom is -0.364 e. The lowest BCUT2D eigenvalue weighted by Crippen LogP contribution is -2.38. The van der Waals surface area contributed by atoms with Crippen molar-refractivity contribution < 1.29 is 14.4 Å². The van der Waals surface area contributed by atoms with Gasteiger partial charge in [-0.1, -0.05) is 239 Å². The summed E-state index contributed by atoms with van der Waals surface area (Å²) in [7, 11) is 0. The number of amides is 2. The maximum Gasteiger partial charge on any atom is 0.259 e. The molecule has 7 heteroatoms. The third-order valence-electron chi connectivity index (χ3n) is 17.7. The molecule has 5 aliphatic rings. The van der Waals surface area contributed by atoms with Gasteiger partial charge in [-0.25, -0.2) is 5.06 Å². The molecular weight excluding hydrogens is 1210 g/mol. The van der Waals surface area contributed by atoms with Crippen LogP contribution in [-0.4, -0.2) is 30.0 Å². The first-order valence-corrected chi connectivity index (χ1v) is 34.4. The predicted octanol–water partition coefficient (Wildman–Crippen LogP) is 19.0. The first-order valence-electron chi connectivity index (χ1n) is 34.4. The van der Waals surface area contributed by atoms with Gasteiger partial charge in [-0.3, -0.25) is 14.4 Å². The highest BCUT2D eigenvalue weighted by Crippen LogP contribution is 2.35. The van der Waals surface area contributed by atoms with Gasteiger partial charge in [-0.2, -0.15) is 0 Å². The lowest BCUT2D eigenvalue weighted by Gasteiger charge is -2.31. The molecule has 0 aromatic heterocycles. The van der Waals surface area contributed by atoms with Crippen LogP contribution in [0.5, 0.6) is 0 Å². The van der Waals surface area contributed by atoms with Crippen molar-refractivity contribution in [2.75, 3.05) is 19.8 Å². The van der Waals surface area contributed by atoms with Crippen LogP contribution < -0.4 is 19.8 Å². The summed E-state index contributed by atoms with van der Waals surface area (Å²) in [5.41, 5.74) is 21.4. The predicted molar refractivity (Wildman–Crippen MR) is 407 cm³/mol. The van der Waals surface area contributed by atoms with E-state index in [-0.39, 0.29) is 29.9 Å². The molecule has 0 spiro atoms. The molecule has 0 radical (unpaired) electrons. The van der Waals surface area contributed by atoms with Crippen LogP contribution in [0.15, 0.2) is 243 Å². The summed E-state index contributed by atoms with van der Waals surface area (Å²) in [4.78, 5) is 37.5. The number of benzene rings is 10. The fourth-order valence-electron chi connectivity index (χ4n) is 12.6. The van der Waals surface area contributed by atoms with Crippen LogP contribution >= 0.6 is 0 Å². The van der Waals surface area contributed by atoms with Crippen molar-refractivity contribution in [2.24, 2.45) is 11.8 Å². The van der Waals surface area contributed by atoms with Crippen molar-refractivity contribution in [2.45, 2.75) is 119 Å². The molecule has 0 saturated heterocycles. The molecule has 0 N–H and O–H groups in total. The van der Waals surface area contributed by atoms with E-state index in [0.717, 1.165) is 80.1 Å². The van der Waals surface area contributed by atoms with E-state index in [4.69, 9.17) is 4.84 Å². The monoisotopic (exact) mass is 1290 g/mol. The average molecular weight is 1290 g/mol. The number of carbonyl (C=O) groups excluding carboxylic acids is 2. The Labute approximate surface area is 587 Å². The number of hydrogen-bond donors (Lipinski definition) is 0. The van der Waals surface area contributed by atoms with Crippen LogP contribution in [0.3, 0.4) is 0 Å². The Kier molecular flexibility index (Phi) is 22.6. The molecule has 490 valence electrons. The van der Waals surface area contributed by atoms with Crippen LogP contribution in [-0.2, 0) is 35.7 Å². The molecule has 99 heavy (non-hydrogen) atoms. The molecule has 1 aliphatic carbocycles. The Morgan fingerprint density at radius 3 is 1.24 bits per heavy atom. The number of rotatable bonds is 6. The minimum atomic E-state index is -0.0439. The quantitative estimate of drug-likeness (QED) is 0.155. The number of para-hydroxylation sites is 4. The van der Waals surface area contributed by atoms with E-state index in [1.54, 1.807) is 0 Å². The summed E-state index contributed by atoms with van der Waals surface area (Å²) in [5.74, 6) is 33.8. The van der Waals surface area contributed by atoms with Crippen molar-refractivity contribution in [3.8, 4) is 59.2 Å². The van der Waals surface area contributed by atoms with Crippen molar-refractivity contribution in [3.63, 3.8) is 0 Å². The summed E-state index contributed by atoms with van der Waals surface area (Å²) in [5, 5.41) is 1.95. The Morgan fingerprint density at radius 2 is 0.727 bits per heavy atom. The molecule has 10 aromatic rings. The van der Waals surface area contributed by atoms with Gasteiger partial charge >= 0.3 is 0 Å². The third kappa shape index (κ3) is 16.8. The minimum absolute atomic E-state index is 0.0112. The van der Waals surface area contributed by atoms with Gasteiger partial charge in [-0.05, 0) is 179 Å². The second-order valence-electron chi connectivity index (χ2n) is 26.4. The number of nitrogens with zero attached hydrogens (tertiary/aromatic N) is 4. The van der Waals surface area contributed by atoms with E-state index in [0.29, 0.717) is 36.5 Å². The first-order chi connectivity index (χ1) is 48.1. The van der Waals surface area contributed by atoms with Gasteiger partial charge in [0.1, 0.15) is 0 Å². The normalized spacial score (nSPS) is 13.6. The second-order valence-corrected chi connectivity index (χ2v) is 26.4. The molecule has 0 bridgehead atoms. The highest BCUT2D eigenvalue weighted by Gasteiger charge is 2.27. The topological polar surface area (TPSA) is 56.3 Å². The first kappa shape index (κ1) is 68.9. The number of hydrogen-bond acceptors (Lipinski definition) is 5. The number of hydroxylamine groups is 1. The van der Waals surface area contributed by atoms with Gasteiger partial charge in [0.25, 0.3) is 5.91 Å². The highest BCUT2D eigenvalue weighted by atomic mass is 16.7. The van der Waals surface area contributed by atoms with Gasteiger partial charge < -0.3 is 14.7 Å². The molecule has 7 nitrogen and oxygen atoms in total. The third-order valence-corrected chi connectivity index (χ3v) is 17.7. The van der Waals surface area contributed by atoms with E-state index in [1.165, 1.54) is 39.1 Å². The molecule has 15 rings (SSSR count). The van der Waals surface area contributed by atoms with Gasteiger partial charge in [0.15, 0.2) is 0 Å².